The molecule has 1 unspecified atom stereocenters. The standard InChI is InChI=1S/C26H28BrN3O4S/c1-19-8-7-9-23(16-19)30(35(33,34)24-10-5-4-6-11-24)18-25(31)29(20(2)26(32)28-3)17-21-12-14-22(27)15-13-21/h4-16,20H,17-18H2,1-3H3,(H,28,32). The molecule has 0 spiro atoms. The highest BCUT2D eigenvalue weighted by Crippen LogP contribution is 2.25. The lowest BCUT2D eigenvalue weighted by atomic mass is 10.1. The van der Waals surface area contributed by atoms with Crippen LogP contribution in [0.25, 0.3) is 0 Å². The lowest BCUT2D eigenvalue weighted by Gasteiger charge is -2.31. The zero-order valence-corrected chi connectivity index (χ0v) is 22.2. The number of sulfonamides is 1. The van der Waals surface area contributed by atoms with E-state index in [0.717, 1.165) is 19.9 Å². The van der Waals surface area contributed by atoms with Crippen LogP contribution in [0.4, 0.5) is 5.69 Å². The molecular formula is C26H28BrN3O4S. The molecule has 1 atom stereocenters. The van der Waals surface area contributed by atoms with Crippen LogP contribution in [0.3, 0.4) is 0 Å². The summed E-state index contributed by atoms with van der Waals surface area (Å²) in [5.74, 6) is -0.839. The highest BCUT2D eigenvalue weighted by molar-refractivity contribution is 9.10. The van der Waals surface area contributed by atoms with Crippen molar-refractivity contribution in [2.24, 2.45) is 0 Å². The minimum atomic E-state index is -4.05. The Bertz CT molecular complexity index is 1280. The number of hydrogen-bond donors (Lipinski definition) is 1. The molecule has 35 heavy (non-hydrogen) atoms. The number of likely N-dealkylation sites (N-methyl/N-ethyl adjacent to an activating group) is 1. The van der Waals surface area contributed by atoms with Gasteiger partial charge >= 0.3 is 0 Å². The van der Waals surface area contributed by atoms with Crippen LogP contribution in [-0.4, -0.2) is 44.8 Å². The lowest BCUT2D eigenvalue weighted by molar-refractivity contribution is -0.139. The van der Waals surface area contributed by atoms with E-state index in [0.29, 0.717) is 5.69 Å². The zero-order chi connectivity index (χ0) is 25.6. The fourth-order valence-electron chi connectivity index (χ4n) is 3.61. The Balaban J connectivity index is 2.01. The first kappa shape index (κ1) is 26.4. The van der Waals surface area contributed by atoms with Crippen molar-refractivity contribution in [3.8, 4) is 0 Å². The van der Waals surface area contributed by atoms with Crippen LogP contribution in [0.5, 0.6) is 0 Å². The summed E-state index contributed by atoms with van der Waals surface area (Å²) in [4.78, 5) is 27.6. The topological polar surface area (TPSA) is 86.8 Å². The maximum absolute atomic E-state index is 13.7. The summed E-state index contributed by atoms with van der Waals surface area (Å²) in [6, 6.07) is 21.5. The molecule has 184 valence electrons. The molecule has 9 heteroatoms. The van der Waals surface area contributed by atoms with Gasteiger partial charge in [-0.2, -0.15) is 0 Å². The molecule has 1 N–H and O–H groups in total. The van der Waals surface area contributed by atoms with Crippen LogP contribution in [-0.2, 0) is 26.2 Å². The molecule has 3 aromatic rings. The second-order valence-electron chi connectivity index (χ2n) is 8.10. The van der Waals surface area contributed by atoms with Crippen molar-refractivity contribution < 1.29 is 18.0 Å². The SMILES string of the molecule is CNC(=O)C(C)N(Cc1ccc(Br)cc1)C(=O)CN(c1cccc(C)c1)S(=O)(=O)c1ccccc1. The molecule has 0 aliphatic carbocycles. The fourth-order valence-corrected chi connectivity index (χ4v) is 5.30. The lowest BCUT2D eigenvalue weighted by Crippen LogP contribution is -2.50. The number of rotatable bonds is 9. The number of carbonyl (C=O) groups excluding carboxylic acids is 2. The molecule has 0 bridgehead atoms. The first-order chi connectivity index (χ1) is 16.6. The van der Waals surface area contributed by atoms with E-state index in [2.05, 4.69) is 21.2 Å². The summed E-state index contributed by atoms with van der Waals surface area (Å²) in [7, 11) is -2.55. The third kappa shape index (κ3) is 6.49. The monoisotopic (exact) mass is 557 g/mol. The van der Waals surface area contributed by atoms with E-state index in [1.165, 1.54) is 24.1 Å². The predicted molar refractivity (Wildman–Crippen MR) is 140 cm³/mol. The molecule has 0 aromatic heterocycles. The molecule has 0 radical (unpaired) electrons. The maximum Gasteiger partial charge on any atom is 0.264 e. The molecule has 0 aliphatic heterocycles. The maximum atomic E-state index is 13.7. The van der Waals surface area contributed by atoms with Gasteiger partial charge in [-0.1, -0.05) is 58.4 Å². The van der Waals surface area contributed by atoms with Gasteiger partial charge in [0.2, 0.25) is 11.8 Å². The minimum Gasteiger partial charge on any atom is -0.357 e. The summed E-state index contributed by atoms with van der Waals surface area (Å²) >= 11 is 3.39. The van der Waals surface area contributed by atoms with Crippen LogP contribution in [0.2, 0.25) is 0 Å². The fraction of sp³-hybridized carbons (Fsp3) is 0.231. The van der Waals surface area contributed by atoms with Gasteiger partial charge in [0.05, 0.1) is 10.6 Å². The van der Waals surface area contributed by atoms with Crippen molar-refractivity contribution in [3.63, 3.8) is 0 Å². The number of hydrogen-bond acceptors (Lipinski definition) is 4. The summed E-state index contributed by atoms with van der Waals surface area (Å²) in [6.07, 6.45) is 0. The molecule has 2 amide bonds. The van der Waals surface area contributed by atoms with Gasteiger partial charge in [0.15, 0.2) is 0 Å². The van der Waals surface area contributed by atoms with Gasteiger partial charge in [-0.3, -0.25) is 13.9 Å². The average Bonchev–Trinajstić information content (AvgIpc) is 2.86. The molecule has 0 aliphatic rings. The van der Waals surface area contributed by atoms with Crippen LogP contribution in [0.15, 0.2) is 88.2 Å². The Morgan fingerprint density at radius 1 is 0.971 bits per heavy atom. The van der Waals surface area contributed by atoms with E-state index in [1.54, 1.807) is 43.3 Å². The van der Waals surface area contributed by atoms with Gasteiger partial charge in [0.25, 0.3) is 10.0 Å². The number of halogens is 1. The number of amides is 2. The number of aryl methyl sites for hydroxylation is 1. The third-order valence-corrected chi connectivity index (χ3v) is 7.90. The quantitative estimate of drug-likeness (QED) is 0.428. The van der Waals surface area contributed by atoms with Crippen molar-refractivity contribution in [1.29, 1.82) is 0 Å². The zero-order valence-electron chi connectivity index (χ0n) is 19.8. The van der Waals surface area contributed by atoms with Crippen molar-refractivity contribution in [2.75, 3.05) is 17.9 Å². The molecular weight excluding hydrogens is 530 g/mol. The summed E-state index contributed by atoms with van der Waals surface area (Å²) in [5, 5.41) is 2.57. The largest absolute Gasteiger partial charge is 0.357 e. The van der Waals surface area contributed by atoms with Crippen molar-refractivity contribution in [1.82, 2.24) is 10.2 Å². The van der Waals surface area contributed by atoms with Crippen LogP contribution >= 0.6 is 15.9 Å². The van der Waals surface area contributed by atoms with E-state index in [4.69, 9.17) is 0 Å². The van der Waals surface area contributed by atoms with Crippen molar-refractivity contribution in [3.05, 3.63) is 94.5 Å². The first-order valence-corrected chi connectivity index (χ1v) is 13.3. The molecule has 3 rings (SSSR count). The Labute approximate surface area is 214 Å². The first-order valence-electron chi connectivity index (χ1n) is 11.0. The Kier molecular flexibility index (Phi) is 8.69. The molecule has 0 fully saturated rings. The highest BCUT2D eigenvalue weighted by atomic mass is 79.9. The number of benzene rings is 3. The molecule has 0 heterocycles. The number of nitrogens with one attached hydrogen (secondary N) is 1. The van der Waals surface area contributed by atoms with E-state index in [-0.39, 0.29) is 17.3 Å². The van der Waals surface area contributed by atoms with Gasteiger partial charge in [0.1, 0.15) is 12.6 Å². The van der Waals surface area contributed by atoms with Gasteiger partial charge < -0.3 is 10.2 Å². The van der Waals surface area contributed by atoms with Crippen molar-refractivity contribution >= 4 is 43.5 Å². The highest BCUT2D eigenvalue weighted by Gasteiger charge is 2.32. The second-order valence-corrected chi connectivity index (χ2v) is 10.9. The van der Waals surface area contributed by atoms with Gasteiger partial charge in [0, 0.05) is 18.1 Å². The average molecular weight is 558 g/mol. The van der Waals surface area contributed by atoms with Gasteiger partial charge in [-0.25, -0.2) is 8.42 Å². The summed E-state index contributed by atoms with van der Waals surface area (Å²) in [6.45, 7) is 3.16. The van der Waals surface area contributed by atoms with Crippen LogP contribution in [0.1, 0.15) is 18.1 Å². The van der Waals surface area contributed by atoms with Crippen molar-refractivity contribution in [2.45, 2.75) is 31.3 Å². The summed E-state index contributed by atoms with van der Waals surface area (Å²) < 4.78 is 29.2. The smallest absolute Gasteiger partial charge is 0.264 e. The van der Waals surface area contributed by atoms with E-state index >= 15 is 0 Å². The van der Waals surface area contributed by atoms with E-state index in [1.807, 2.05) is 37.3 Å². The Hall–Kier alpha value is -3.17. The molecule has 0 saturated heterocycles. The predicted octanol–water partition coefficient (Wildman–Crippen LogP) is 4.12. The second kappa shape index (κ2) is 11.5. The minimum absolute atomic E-state index is 0.0770. The molecule has 3 aromatic carbocycles. The normalized spacial score (nSPS) is 12.0. The third-order valence-electron chi connectivity index (χ3n) is 5.58. The van der Waals surface area contributed by atoms with Crippen LogP contribution < -0.4 is 9.62 Å². The van der Waals surface area contributed by atoms with Gasteiger partial charge in [-0.15, -0.1) is 0 Å². The molecule has 0 saturated carbocycles. The van der Waals surface area contributed by atoms with Crippen LogP contribution in [0, 0.1) is 6.92 Å². The number of anilines is 1. The van der Waals surface area contributed by atoms with Gasteiger partial charge in [-0.05, 0) is 61.4 Å². The molecule has 7 nitrogen and oxygen atoms in total. The van der Waals surface area contributed by atoms with E-state index in [9.17, 15) is 18.0 Å². The Morgan fingerprint density at radius 3 is 2.23 bits per heavy atom. The Morgan fingerprint density at radius 2 is 1.63 bits per heavy atom. The summed E-state index contributed by atoms with van der Waals surface area (Å²) in [5.41, 5.74) is 2.04. The van der Waals surface area contributed by atoms with E-state index < -0.39 is 28.5 Å². The number of carbonyl (C=O) groups is 2. The number of nitrogens with zero attached hydrogens (tertiary/aromatic N) is 2.